The van der Waals surface area contributed by atoms with Gasteiger partial charge >= 0.3 is 0 Å². The molecule has 1 aliphatic rings. The van der Waals surface area contributed by atoms with Gasteiger partial charge in [0.15, 0.2) is 0 Å². The average molecular weight is 201 g/mol. The van der Waals surface area contributed by atoms with Gasteiger partial charge in [0.2, 0.25) is 5.91 Å². The first-order chi connectivity index (χ1) is 6.40. The minimum Gasteiger partial charge on any atom is -0.389 e. The molecule has 1 unspecified atom stereocenters. The maximum absolute atomic E-state index is 11.1. The molecule has 5 heteroatoms. The first kappa shape index (κ1) is 11.4. The van der Waals surface area contributed by atoms with E-state index in [1.807, 2.05) is 4.90 Å². The van der Waals surface area contributed by atoms with Crippen LogP contribution in [0.3, 0.4) is 0 Å². The molecule has 0 radical (unpaired) electrons. The molecule has 1 atom stereocenters. The summed E-state index contributed by atoms with van der Waals surface area (Å²) in [5.41, 5.74) is 4.49. The average Bonchev–Trinajstić information content (AvgIpc) is 2.01. The van der Waals surface area contributed by atoms with Crippen molar-refractivity contribution in [2.45, 2.75) is 25.5 Å². The molecule has 5 nitrogen and oxygen atoms in total. The number of hydrogen-bond donors (Lipinski definition) is 3. The van der Waals surface area contributed by atoms with Crippen LogP contribution < -0.4 is 11.1 Å². The van der Waals surface area contributed by atoms with Crippen LogP contribution in [0.4, 0.5) is 0 Å². The number of hydrogen-bond acceptors (Lipinski definition) is 4. The summed E-state index contributed by atoms with van der Waals surface area (Å²) in [4.78, 5) is 13.0. The van der Waals surface area contributed by atoms with E-state index in [2.05, 4.69) is 5.32 Å². The number of nitrogens with zero attached hydrogens (tertiary/aromatic N) is 1. The Kier molecular flexibility index (Phi) is 3.47. The lowest BCUT2D eigenvalue weighted by Gasteiger charge is -2.37. The monoisotopic (exact) mass is 201 g/mol. The molecular weight excluding hydrogens is 182 g/mol. The summed E-state index contributed by atoms with van der Waals surface area (Å²) < 4.78 is 0. The van der Waals surface area contributed by atoms with Gasteiger partial charge in [-0.05, 0) is 13.8 Å². The van der Waals surface area contributed by atoms with Crippen molar-refractivity contribution < 1.29 is 9.90 Å². The number of β-amino-alcohol motifs (C(OH)–C–C–N with tert-alkyl or cyclic N) is 1. The highest BCUT2D eigenvalue weighted by atomic mass is 16.3. The summed E-state index contributed by atoms with van der Waals surface area (Å²) >= 11 is 0. The van der Waals surface area contributed by atoms with Gasteiger partial charge in [-0.3, -0.25) is 9.69 Å². The van der Waals surface area contributed by atoms with Gasteiger partial charge in [-0.15, -0.1) is 0 Å². The van der Waals surface area contributed by atoms with E-state index in [-0.39, 0.29) is 11.9 Å². The van der Waals surface area contributed by atoms with Crippen molar-refractivity contribution in [3.8, 4) is 0 Å². The number of rotatable bonds is 3. The third-order valence-corrected chi connectivity index (χ3v) is 2.27. The van der Waals surface area contributed by atoms with Crippen LogP contribution in [0.15, 0.2) is 0 Å². The number of carbonyl (C=O) groups is 1. The predicted octanol–water partition coefficient (Wildman–Crippen LogP) is -1.48. The molecular formula is C9H19N3O2. The molecule has 0 saturated carbocycles. The SMILES string of the molecule is CC(C)(O)CN1CCNCC1C(N)=O. The largest absolute Gasteiger partial charge is 0.389 e. The minimum absolute atomic E-state index is 0.296. The molecule has 0 bridgehead atoms. The van der Waals surface area contributed by atoms with E-state index in [0.717, 1.165) is 13.1 Å². The Morgan fingerprint density at radius 2 is 2.36 bits per heavy atom. The van der Waals surface area contributed by atoms with Crippen LogP contribution in [0.5, 0.6) is 0 Å². The predicted molar refractivity (Wildman–Crippen MR) is 53.7 cm³/mol. The molecule has 0 aromatic rings. The fourth-order valence-corrected chi connectivity index (χ4v) is 1.71. The summed E-state index contributed by atoms with van der Waals surface area (Å²) in [5.74, 6) is -0.332. The lowest BCUT2D eigenvalue weighted by Crippen LogP contribution is -2.59. The summed E-state index contributed by atoms with van der Waals surface area (Å²) in [6.45, 7) is 6.09. The molecule has 1 amide bonds. The highest BCUT2D eigenvalue weighted by Gasteiger charge is 2.30. The number of carbonyl (C=O) groups excluding carboxylic acids is 1. The summed E-state index contributed by atoms with van der Waals surface area (Å²) in [7, 11) is 0. The van der Waals surface area contributed by atoms with Crippen molar-refractivity contribution in [1.82, 2.24) is 10.2 Å². The standard InChI is InChI=1S/C9H19N3O2/c1-9(2,14)6-12-4-3-11-5-7(12)8(10)13/h7,11,14H,3-6H2,1-2H3,(H2,10,13). The molecule has 1 saturated heterocycles. The molecule has 1 aliphatic heterocycles. The number of piperazine rings is 1. The van der Waals surface area contributed by atoms with Gasteiger partial charge in [-0.1, -0.05) is 0 Å². The highest BCUT2D eigenvalue weighted by Crippen LogP contribution is 2.10. The van der Waals surface area contributed by atoms with Gasteiger partial charge in [0, 0.05) is 26.2 Å². The fraction of sp³-hybridized carbons (Fsp3) is 0.889. The molecule has 0 aromatic heterocycles. The zero-order valence-electron chi connectivity index (χ0n) is 8.79. The van der Waals surface area contributed by atoms with Crippen LogP contribution in [0, 0.1) is 0 Å². The quantitative estimate of drug-likeness (QED) is 0.520. The maximum Gasteiger partial charge on any atom is 0.236 e. The van der Waals surface area contributed by atoms with Crippen molar-refractivity contribution in [2.24, 2.45) is 5.73 Å². The normalized spacial score (nSPS) is 24.9. The second-order valence-electron chi connectivity index (χ2n) is 4.41. The molecule has 82 valence electrons. The number of nitrogens with two attached hydrogens (primary N) is 1. The van der Waals surface area contributed by atoms with Gasteiger partial charge in [-0.25, -0.2) is 0 Å². The van der Waals surface area contributed by atoms with E-state index in [0.29, 0.717) is 13.1 Å². The molecule has 14 heavy (non-hydrogen) atoms. The Morgan fingerprint density at radius 3 is 2.86 bits per heavy atom. The third-order valence-electron chi connectivity index (χ3n) is 2.27. The molecule has 0 aliphatic carbocycles. The Hall–Kier alpha value is -0.650. The Morgan fingerprint density at radius 1 is 1.71 bits per heavy atom. The zero-order chi connectivity index (χ0) is 10.8. The second kappa shape index (κ2) is 4.25. The molecule has 0 spiro atoms. The van der Waals surface area contributed by atoms with Crippen LogP contribution in [-0.4, -0.2) is 53.7 Å². The van der Waals surface area contributed by atoms with E-state index >= 15 is 0 Å². The topological polar surface area (TPSA) is 78.6 Å². The Labute approximate surface area is 84.3 Å². The molecule has 0 aromatic carbocycles. The van der Waals surface area contributed by atoms with Crippen LogP contribution >= 0.6 is 0 Å². The first-order valence-corrected chi connectivity index (χ1v) is 4.86. The Bertz CT molecular complexity index is 213. The lowest BCUT2D eigenvalue weighted by atomic mass is 10.1. The fourth-order valence-electron chi connectivity index (χ4n) is 1.71. The van der Waals surface area contributed by atoms with Crippen LogP contribution in [-0.2, 0) is 4.79 Å². The summed E-state index contributed by atoms with van der Waals surface area (Å²) in [5, 5.41) is 12.8. The molecule has 1 rings (SSSR count). The number of amides is 1. The van der Waals surface area contributed by atoms with Crippen LogP contribution in [0.1, 0.15) is 13.8 Å². The van der Waals surface area contributed by atoms with Gasteiger partial charge in [0.25, 0.3) is 0 Å². The smallest absolute Gasteiger partial charge is 0.236 e. The van der Waals surface area contributed by atoms with Crippen molar-refractivity contribution >= 4 is 5.91 Å². The number of aliphatic hydroxyl groups is 1. The van der Waals surface area contributed by atoms with Crippen LogP contribution in [0.2, 0.25) is 0 Å². The minimum atomic E-state index is -0.787. The third kappa shape index (κ3) is 3.25. The molecule has 4 N–H and O–H groups in total. The van der Waals surface area contributed by atoms with E-state index in [1.165, 1.54) is 0 Å². The maximum atomic E-state index is 11.1. The van der Waals surface area contributed by atoms with E-state index in [9.17, 15) is 9.90 Å². The van der Waals surface area contributed by atoms with Crippen molar-refractivity contribution in [2.75, 3.05) is 26.2 Å². The molecule has 1 fully saturated rings. The summed E-state index contributed by atoms with van der Waals surface area (Å²) in [6.07, 6.45) is 0. The van der Waals surface area contributed by atoms with Crippen molar-refractivity contribution in [3.63, 3.8) is 0 Å². The van der Waals surface area contributed by atoms with Gasteiger partial charge in [0.1, 0.15) is 6.04 Å². The molecule has 1 heterocycles. The number of primary amides is 1. The van der Waals surface area contributed by atoms with Gasteiger partial charge in [0.05, 0.1) is 5.60 Å². The number of nitrogens with one attached hydrogen (secondary N) is 1. The highest BCUT2D eigenvalue weighted by molar-refractivity contribution is 5.80. The Balaban J connectivity index is 2.59. The lowest BCUT2D eigenvalue weighted by molar-refractivity contribution is -0.125. The first-order valence-electron chi connectivity index (χ1n) is 4.86. The van der Waals surface area contributed by atoms with Crippen molar-refractivity contribution in [3.05, 3.63) is 0 Å². The van der Waals surface area contributed by atoms with Gasteiger partial charge in [-0.2, -0.15) is 0 Å². The zero-order valence-corrected chi connectivity index (χ0v) is 8.79. The van der Waals surface area contributed by atoms with Crippen molar-refractivity contribution in [1.29, 1.82) is 0 Å². The van der Waals surface area contributed by atoms with E-state index < -0.39 is 5.60 Å². The van der Waals surface area contributed by atoms with E-state index in [4.69, 9.17) is 5.73 Å². The van der Waals surface area contributed by atoms with E-state index in [1.54, 1.807) is 13.8 Å². The van der Waals surface area contributed by atoms with Crippen LogP contribution in [0.25, 0.3) is 0 Å². The van der Waals surface area contributed by atoms with Gasteiger partial charge < -0.3 is 16.2 Å². The second-order valence-corrected chi connectivity index (χ2v) is 4.41. The summed E-state index contributed by atoms with van der Waals surface area (Å²) in [6, 6.07) is -0.296.